The number of piperidine rings is 1. The van der Waals surface area contributed by atoms with Crippen molar-refractivity contribution in [3.8, 4) is 17.0 Å². The number of halogens is 1. The zero-order valence-electron chi connectivity index (χ0n) is 14.6. The summed E-state index contributed by atoms with van der Waals surface area (Å²) in [6.07, 6.45) is 6.48. The molecule has 27 heavy (non-hydrogen) atoms. The fourth-order valence-corrected chi connectivity index (χ4v) is 3.24. The van der Waals surface area contributed by atoms with E-state index in [1.807, 2.05) is 0 Å². The van der Waals surface area contributed by atoms with Crippen LogP contribution in [-0.4, -0.2) is 45.0 Å². The molecule has 0 saturated carbocycles. The Morgan fingerprint density at radius 2 is 2.07 bits per heavy atom. The first-order chi connectivity index (χ1) is 13.2. The maximum absolute atomic E-state index is 13.1. The predicted octanol–water partition coefficient (Wildman–Crippen LogP) is 3.29. The minimum Gasteiger partial charge on any atom is -0.472 e. The third-order valence-electron chi connectivity index (χ3n) is 4.60. The maximum atomic E-state index is 13.1. The lowest BCUT2D eigenvalue weighted by molar-refractivity contribution is 0.0523. The number of carbonyl (C=O) groups excluding carboxylic acids is 1. The molecule has 138 valence electrons. The molecule has 1 atom stereocenters. The molecule has 1 aliphatic heterocycles. The Labute approximate surface area is 156 Å². The topological polar surface area (TPSA) is 71.1 Å². The molecule has 1 N–H and O–H groups in total. The Bertz CT molecular complexity index is 911. The van der Waals surface area contributed by atoms with Gasteiger partial charge in [-0.2, -0.15) is 0 Å². The number of rotatable bonds is 4. The van der Waals surface area contributed by atoms with Crippen LogP contribution in [0.1, 0.15) is 23.3 Å². The van der Waals surface area contributed by atoms with Crippen LogP contribution in [0.4, 0.5) is 4.39 Å². The standard InChI is InChI=1S/C20H19FN4O2/c21-16-5-3-14(4-6-16)15-10-18(23-11-15)20(26)25-9-1-2-17(12-25)27-19-7-8-22-13-24-19/h3-8,10-11,13,17,23H,1-2,9,12H2. The van der Waals surface area contributed by atoms with Crippen LogP contribution in [0.5, 0.6) is 5.88 Å². The lowest BCUT2D eigenvalue weighted by Crippen LogP contribution is -2.44. The molecule has 1 aromatic carbocycles. The van der Waals surface area contributed by atoms with Crippen molar-refractivity contribution in [1.29, 1.82) is 0 Å². The number of hydrogen-bond donors (Lipinski definition) is 1. The van der Waals surface area contributed by atoms with Crippen LogP contribution < -0.4 is 4.74 Å². The first-order valence-corrected chi connectivity index (χ1v) is 8.85. The van der Waals surface area contributed by atoms with Gasteiger partial charge in [0.25, 0.3) is 5.91 Å². The highest BCUT2D eigenvalue weighted by atomic mass is 19.1. The van der Waals surface area contributed by atoms with Crippen LogP contribution in [-0.2, 0) is 0 Å². The van der Waals surface area contributed by atoms with Crippen LogP contribution in [0, 0.1) is 5.82 Å². The molecule has 7 heteroatoms. The Morgan fingerprint density at radius 3 is 2.85 bits per heavy atom. The Balaban J connectivity index is 1.44. The van der Waals surface area contributed by atoms with Crippen molar-refractivity contribution in [3.63, 3.8) is 0 Å². The van der Waals surface area contributed by atoms with Gasteiger partial charge >= 0.3 is 0 Å². The van der Waals surface area contributed by atoms with Gasteiger partial charge in [0.05, 0.1) is 6.54 Å². The minimum absolute atomic E-state index is 0.0700. The number of hydrogen-bond acceptors (Lipinski definition) is 4. The number of benzene rings is 1. The molecule has 0 radical (unpaired) electrons. The molecule has 1 fully saturated rings. The van der Waals surface area contributed by atoms with E-state index in [0.29, 0.717) is 24.7 Å². The number of nitrogens with zero attached hydrogens (tertiary/aromatic N) is 3. The molecule has 1 amide bonds. The van der Waals surface area contributed by atoms with E-state index in [-0.39, 0.29) is 17.8 Å². The molecule has 3 aromatic rings. The first-order valence-electron chi connectivity index (χ1n) is 8.85. The second kappa shape index (κ2) is 7.57. The van der Waals surface area contributed by atoms with Crippen LogP contribution in [0.2, 0.25) is 0 Å². The lowest BCUT2D eigenvalue weighted by Gasteiger charge is -2.32. The number of ether oxygens (including phenoxy) is 1. The van der Waals surface area contributed by atoms with Gasteiger partial charge in [0.15, 0.2) is 0 Å². The van der Waals surface area contributed by atoms with Gasteiger partial charge < -0.3 is 14.6 Å². The number of H-pyrrole nitrogens is 1. The van der Waals surface area contributed by atoms with Crippen molar-refractivity contribution in [2.24, 2.45) is 0 Å². The normalized spacial score (nSPS) is 16.9. The molecule has 1 unspecified atom stereocenters. The summed E-state index contributed by atoms with van der Waals surface area (Å²) >= 11 is 0. The van der Waals surface area contributed by atoms with Crippen LogP contribution in [0.3, 0.4) is 0 Å². The van der Waals surface area contributed by atoms with Crippen LogP contribution >= 0.6 is 0 Å². The average Bonchev–Trinajstić information content (AvgIpc) is 3.19. The highest BCUT2D eigenvalue weighted by Crippen LogP contribution is 2.23. The summed E-state index contributed by atoms with van der Waals surface area (Å²) in [7, 11) is 0. The second-order valence-electron chi connectivity index (χ2n) is 6.49. The predicted molar refractivity (Wildman–Crippen MR) is 97.8 cm³/mol. The van der Waals surface area contributed by atoms with Crippen LogP contribution in [0.25, 0.3) is 11.1 Å². The molecule has 1 saturated heterocycles. The van der Waals surface area contributed by atoms with Gasteiger partial charge in [0, 0.05) is 25.0 Å². The summed E-state index contributed by atoms with van der Waals surface area (Å²) in [5.41, 5.74) is 2.22. The van der Waals surface area contributed by atoms with E-state index in [1.54, 1.807) is 41.6 Å². The number of amides is 1. The zero-order valence-corrected chi connectivity index (χ0v) is 14.6. The number of carbonyl (C=O) groups is 1. The number of aromatic nitrogens is 3. The summed E-state index contributed by atoms with van der Waals surface area (Å²) < 4.78 is 18.9. The van der Waals surface area contributed by atoms with Crippen molar-refractivity contribution < 1.29 is 13.9 Å². The van der Waals surface area contributed by atoms with E-state index in [4.69, 9.17) is 4.74 Å². The molecule has 1 aliphatic rings. The molecule has 3 heterocycles. The van der Waals surface area contributed by atoms with Gasteiger partial charge in [0.2, 0.25) is 5.88 Å². The van der Waals surface area contributed by atoms with Crippen molar-refractivity contribution in [2.75, 3.05) is 13.1 Å². The van der Waals surface area contributed by atoms with Crippen molar-refractivity contribution in [2.45, 2.75) is 18.9 Å². The summed E-state index contributed by atoms with van der Waals surface area (Å²) in [6, 6.07) is 9.71. The zero-order chi connectivity index (χ0) is 18.6. The average molecular weight is 366 g/mol. The largest absolute Gasteiger partial charge is 0.472 e. The maximum Gasteiger partial charge on any atom is 0.270 e. The van der Waals surface area contributed by atoms with Gasteiger partial charge in [-0.25, -0.2) is 14.4 Å². The smallest absolute Gasteiger partial charge is 0.270 e. The summed E-state index contributed by atoms with van der Waals surface area (Å²) in [5.74, 6) is 0.163. The number of aromatic amines is 1. The van der Waals surface area contributed by atoms with Gasteiger partial charge in [0.1, 0.15) is 23.9 Å². The second-order valence-corrected chi connectivity index (χ2v) is 6.49. The summed E-state index contributed by atoms with van der Waals surface area (Å²) in [5, 5.41) is 0. The third-order valence-corrected chi connectivity index (χ3v) is 4.60. The Kier molecular flexibility index (Phi) is 4.82. The van der Waals surface area contributed by atoms with Gasteiger partial charge in [-0.15, -0.1) is 0 Å². The molecule has 0 spiro atoms. The molecule has 0 bridgehead atoms. The van der Waals surface area contributed by atoms with Gasteiger partial charge in [-0.05, 0) is 42.2 Å². The van der Waals surface area contributed by atoms with Crippen molar-refractivity contribution in [1.82, 2.24) is 19.9 Å². The van der Waals surface area contributed by atoms with Gasteiger partial charge in [-0.1, -0.05) is 12.1 Å². The fourth-order valence-electron chi connectivity index (χ4n) is 3.24. The fraction of sp³-hybridized carbons (Fsp3) is 0.250. The quantitative estimate of drug-likeness (QED) is 0.769. The molecule has 4 rings (SSSR count). The summed E-state index contributed by atoms with van der Waals surface area (Å²) in [4.78, 5) is 25.6. The monoisotopic (exact) mass is 366 g/mol. The van der Waals surface area contributed by atoms with E-state index in [1.165, 1.54) is 18.5 Å². The van der Waals surface area contributed by atoms with Gasteiger partial charge in [-0.3, -0.25) is 4.79 Å². The number of likely N-dealkylation sites (tertiary alicyclic amines) is 1. The SMILES string of the molecule is O=C(c1cc(-c2ccc(F)cc2)c[nH]1)N1CCCC(Oc2ccncn2)C1. The van der Waals surface area contributed by atoms with E-state index >= 15 is 0 Å². The Hall–Kier alpha value is -3.22. The van der Waals surface area contributed by atoms with E-state index < -0.39 is 0 Å². The molecular weight excluding hydrogens is 347 g/mol. The van der Waals surface area contributed by atoms with Crippen molar-refractivity contribution >= 4 is 5.91 Å². The molecule has 2 aromatic heterocycles. The number of nitrogens with one attached hydrogen (secondary N) is 1. The third kappa shape index (κ3) is 3.97. The Morgan fingerprint density at radius 1 is 1.22 bits per heavy atom. The van der Waals surface area contributed by atoms with Crippen molar-refractivity contribution in [3.05, 3.63) is 66.6 Å². The van der Waals surface area contributed by atoms with Crippen LogP contribution in [0.15, 0.2) is 55.1 Å². The van der Waals surface area contributed by atoms with E-state index in [9.17, 15) is 9.18 Å². The highest BCUT2D eigenvalue weighted by molar-refractivity contribution is 5.94. The molecule has 0 aliphatic carbocycles. The highest BCUT2D eigenvalue weighted by Gasteiger charge is 2.26. The molecular formula is C20H19FN4O2. The molecule has 6 nitrogen and oxygen atoms in total. The minimum atomic E-state index is -0.284. The lowest BCUT2D eigenvalue weighted by atomic mass is 10.1. The van der Waals surface area contributed by atoms with E-state index in [0.717, 1.165) is 24.0 Å². The van der Waals surface area contributed by atoms with E-state index in [2.05, 4.69) is 15.0 Å². The summed E-state index contributed by atoms with van der Waals surface area (Å²) in [6.45, 7) is 1.20. The first kappa shape index (κ1) is 17.2.